The van der Waals surface area contributed by atoms with Crippen molar-refractivity contribution in [1.82, 2.24) is 20.4 Å². The van der Waals surface area contributed by atoms with E-state index in [2.05, 4.69) is 10.6 Å². The Balaban J connectivity index is 1.81. The van der Waals surface area contributed by atoms with Gasteiger partial charge in [-0.15, -0.1) is 0 Å². The first-order valence-electron chi connectivity index (χ1n) is 21.1. The molecule has 2 N–H and O–H groups in total. The monoisotopic (exact) mass is 964 g/mol. The lowest BCUT2D eigenvalue weighted by atomic mass is 9.97. The third-order valence-corrected chi connectivity index (χ3v) is 9.48. The van der Waals surface area contributed by atoms with Crippen LogP contribution in [-0.2, 0) is 99.9 Å². The van der Waals surface area contributed by atoms with Gasteiger partial charge in [0, 0.05) is 81.6 Å². The van der Waals surface area contributed by atoms with Gasteiger partial charge in [-0.25, -0.2) is 9.59 Å². The molecule has 3 aliphatic rings. The maximum atomic E-state index is 13.9. The Bertz CT molecular complexity index is 1630. The third-order valence-electron chi connectivity index (χ3n) is 9.48. The number of carbonyl (C=O) groups is 10. The molecular formula is C40H60N4O23. The molecule has 0 aromatic heterocycles. The summed E-state index contributed by atoms with van der Waals surface area (Å²) in [6.07, 6.45) is -14.9. The molecule has 3 saturated heterocycles. The number of esters is 8. The molecule has 3 fully saturated rings. The van der Waals surface area contributed by atoms with Crippen molar-refractivity contribution in [1.29, 1.82) is 0 Å². The van der Waals surface area contributed by atoms with Gasteiger partial charge in [0.1, 0.15) is 25.4 Å². The quantitative estimate of drug-likeness (QED) is 0.162. The van der Waals surface area contributed by atoms with Gasteiger partial charge in [-0.1, -0.05) is 0 Å². The molecule has 0 bridgehead atoms. The first-order chi connectivity index (χ1) is 31.7. The lowest BCUT2D eigenvalue weighted by Gasteiger charge is -2.44. The predicted molar refractivity (Wildman–Crippen MR) is 217 cm³/mol. The molecule has 3 heterocycles. The summed E-state index contributed by atoms with van der Waals surface area (Å²) in [5.74, 6) is -6.59. The molecule has 0 aromatic rings. The van der Waals surface area contributed by atoms with Gasteiger partial charge in [0.15, 0.2) is 49.1 Å². The van der Waals surface area contributed by atoms with Gasteiger partial charge < -0.3 is 82.0 Å². The molecule has 3 aliphatic heterocycles. The van der Waals surface area contributed by atoms with Crippen LogP contribution in [0.4, 0.5) is 9.59 Å². The molecule has 0 unspecified atom stereocenters. The number of hydrogen-bond acceptors (Lipinski definition) is 23. The van der Waals surface area contributed by atoms with E-state index in [1.165, 1.54) is 9.80 Å². The van der Waals surface area contributed by atoms with Crippen LogP contribution in [-0.4, -0.2) is 210 Å². The van der Waals surface area contributed by atoms with Crippen molar-refractivity contribution in [3.63, 3.8) is 0 Å². The molecule has 3 rings (SSSR count). The van der Waals surface area contributed by atoms with Crippen LogP contribution >= 0.6 is 0 Å². The zero-order valence-corrected chi connectivity index (χ0v) is 38.5. The Morgan fingerprint density at radius 3 is 0.940 bits per heavy atom. The van der Waals surface area contributed by atoms with Crippen LogP contribution in [0.15, 0.2) is 0 Å². The molecule has 0 spiro atoms. The predicted octanol–water partition coefficient (Wildman–Crippen LogP) is -1.76. The standard InChI is InChI=1S/C40H60N4O23/c1-21(45)58-19-29-31(60-23(3)47)33(62-25(5)49)35(64-27(7)51)37(66-29)41-39(53)43-9-13-55-14-10-44(12-16-57-18-17-56-15-11-43)40(54)42-38-36(65-28(8)52)34(63-26(6)50)32(61-24(4)48)30(67-38)20-59-22(2)46/h29-38H,9-20H2,1-8H3,(H,41,53)(H,42,54)/t29-,30-,31-,32-,33+,34+,35-,36-,37-,38-/m1/s1. The number of nitrogens with zero attached hydrogens (tertiary/aromatic N) is 2. The Labute approximate surface area is 385 Å². The van der Waals surface area contributed by atoms with E-state index >= 15 is 0 Å². The van der Waals surface area contributed by atoms with Crippen molar-refractivity contribution < 1.29 is 110 Å². The van der Waals surface area contributed by atoms with Gasteiger partial charge in [-0.05, 0) is 0 Å². The first-order valence-corrected chi connectivity index (χ1v) is 21.1. The number of ether oxygens (including phenoxy) is 13. The van der Waals surface area contributed by atoms with Crippen molar-refractivity contribution in [2.24, 2.45) is 0 Å². The zero-order valence-electron chi connectivity index (χ0n) is 38.5. The van der Waals surface area contributed by atoms with E-state index in [4.69, 9.17) is 61.6 Å². The largest absolute Gasteiger partial charge is 0.463 e. The molecule has 67 heavy (non-hydrogen) atoms. The van der Waals surface area contributed by atoms with E-state index in [-0.39, 0.29) is 65.8 Å². The second-order valence-corrected chi connectivity index (χ2v) is 14.9. The number of hydrogen-bond donors (Lipinski definition) is 2. The molecule has 27 nitrogen and oxygen atoms in total. The van der Waals surface area contributed by atoms with Crippen molar-refractivity contribution in [2.75, 3.05) is 79.0 Å². The molecule has 10 atom stereocenters. The molecule has 0 aromatic carbocycles. The molecule has 4 amide bonds. The molecule has 27 heteroatoms. The molecular weight excluding hydrogens is 904 g/mol. The number of nitrogens with one attached hydrogen (secondary N) is 2. The Kier molecular flexibility index (Phi) is 22.9. The summed E-state index contributed by atoms with van der Waals surface area (Å²) in [7, 11) is 0. The number of rotatable bonds is 12. The van der Waals surface area contributed by atoms with Gasteiger partial charge >= 0.3 is 59.8 Å². The van der Waals surface area contributed by atoms with Gasteiger partial charge in [0.2, 0.25) is 0 Å². The molecule has 378 valence electrons. The van der Waals surface area contributed by atoms with Crippen molar-refractivity contribution in [2.45, 2.75) is 117 Å². The Morgan fingerprint density at radius 1 is 0.388 bits per heavy atom. The Morgan fingerprint density at radius 2 is 0.657 bits per heavy atom. The normalized spacial score (nSPS) is 27.5. The summed E-state index contributed by atoms with van der Waals surface area (Å²) in [5, 5.41) is 5.20. The van der Waals surface area contributed by atoms with E-state index in [9.17, 15) is 47.9 Å². The fraction of sp³-hybridized carbons (Fsp3) is 0.750. The average Bonchev–Trinajstić information content (AvgIpc) is 3.22. The number of carbonyl (C=O) groups excluding carboxylic acids is 10. The van der Waals surface area contributed by atoms with Gasteiger partial charge in [0.05, 0.1) is 39.6 Å². The zero-order chi connectivity index (χ0) is 49.8. The van der Waals surface area contributed by atoms with Crippen molar-refractivity contribution >= 4 is 59.8 Å². The maximum absolute atomic E-state index is 13.9. The van der Waals surface area contributed by atoms with Gasteiger partial charge in [-0.3, -0.25) is 38.4 Å². The van der Waals surface area contributed by atoms with E-state index in [0.29, 0.717) is 0 Å². The van der Waals surface area contributed by atoms with E-state index < -0.39 is 134 Å². The highest BCUT2D eigenvalue weighted by molar-refractivity contribution is 5.76. The number of amides is 4. The molecule has 0 aliphatic carbocycles. The third kappa shape index (κ3) is 19.1. The smallest absolute Gasteiger partial charge is 0.319 e. The summed E-state index contributed by atoms with van der Waals surface area (Å²) >= 11 is 0. The van der Waals surface area contributed by atoms with Crippen LogP contribution in [0.3, 0.4) is 0 Å². The average molecular weight is 965 g/mol. The van der Waals surface area contributed by atoms with E-state index in [1.54, 1.807) is 0 Å². The highest BCUT2D eigenvalue weighted by Crippen LogP contribution is 2.30. The lowest BCUT2D eigenvalue weighted by Crippen LogP contribution is -2.67. The summed E-state index contributed by atoms with van der Waals surface area (Å²) < 4.78 is 71.9. The lowest BCUT2D eigenvalue weighted by molar-refractivity contribution is -0.255. The van der Waals surface area contributed by atoms with Crippen LogP contribution < -0.4 is 10.6 Å². The minimum Gasteiger partial charge on any atom is -0.463 e. The van der Waals surface area contributed by atoms with Crippen molar-refractivity contribution in [3.8, 4) is 0 Å². The summed E-state index contributed by atoms with van der Waals surface area (Å²) in [5.41, 5.74) is 0. The minimum atomic E-state index is -1.57. The summed E-state index contributed by atoms with van der Waals surface area (Å²) in [6, 6.07) is -1.61. The first kappa shape index (κ1) is 55.4. The fourth-order valence-corrected chi connectivity index (χ4v) is 6.87. The van der Waals surface area contributed by atoms with Gasteiger partial charge in [-0.2, -0.15) is 0 Å². The second kappa shape index (κ2) is 27.7. The number of urea groups is 2. The molecule has 0 radical (unpaired) electrons. The van der Waals surface area contributed by atoms with Crippen LogP contribution in [0.1, 0.15) is 55.4 Å². The highest BCUT2D eigenvalue weighted by Gasteiger charge is 2.54. The minimum absolute atomic E-state index is 0.000125. The Hall–Kier alpha value is -5.90. The van der Waals surface area contributed by atoms with Crippen LogP contribution in [0.25, 0.3) is 0 Å². The van der Waals surface area contributed by atoms with E-state index in [1.807, 2.05) is 0 Å². The highest BCUT2D eigenvalue weighted by atomic mass is 16.7. The van der Waals surface area contributed by atoms with Gasteiger partial charge in [0.25, 0.3) is 0 Å². The van der Waals surface area contributed by atoms with Crippen LogP contribution in [0.2, 0.25) is 0 Å². The van der Waals surface area contributed by atoms with Crippen molar-refractivity contribution in [3.05, 3.63) is 0 Å². The fourth-order valence-electron chi connectivity index (χ4n) is 6.87. The SMILES string of the molecule is CC(=O)OC[C@H]1O[C@@H](NC(=O)N2CCOCCOCCN(C(=O)N[C@@H]3O[C@H](COC(C)=O)[C@@H](OC(C)=O)[C@H](OC(C)=O)[C@H]3OC(C)=O)CCOCC2)[C@H](OC(C)=O)[C@@H](OC(C)=O)[C@@H]1OC(C)=O. The maximum Gasteiger partial charge on any atom is 0.319 e. The molecule has 0 saturated carbocycles. The van der Waals surface area contributed by atoms with Crippen LogP contribution in [0.5, 0.6) is 0 Å². The summed E-state index contributed by atoms with van der Waals surface area (Å²) in [4.78, 5) is 127. The summed E-state index contributed by atoms with van der Waals surface area (Å²) in [6.45, 7) is 7.22. The van der Waals surface area contributed by atoms with Crippen LogP contribution in [0, 0.1) is 0 Å². The van der Waals surface area contributed by atoms with E-state index in [0.717, 1.165) is 55.4 Å². The topological polar surface area (TPSA) is 321 Å². The second-order valence-electron chi connectivity index (χ2n) is 14.9.